The third-order valence-corrected chi connectivity index (χ3v) is 3.53. The molecule has 3 nitrogen and oxygen atoms in total. The van der Waals surface area contributed by atoms with Gasteiger partial charge in [0, 0.05) is 0 Å². The third-order valence-electron chi connectivity index (χ3n) is 3.53. The van der Waals surface area contributed by atoms with Gasteiger partial charge in [0.15, 0.2) is 0 Å². The number of hydrogen-bond acceptors (Lipinski definition) is 3. The highest BCUT2D eigenvalue weighted by atomic mass is 16.5. The second kappa shape index (κ2) is 5.55. The van der Waals surface area contributed by atoms with E-state index >= 15 is 0 Å². The van der Waals surface area contributed by atoms with Gasteiger partial charge in [-0.1, -0.05) is 17.7 Å². The van der Waals surface area contributed by atoms with Crippen molar-refractivity contribution in [3.05, 3.63) is 46.2 Å². The number of hydrazine groups is 1. The molecule has 1 aliphatic rings. The summed E-state index contributed by atoms with van der Waals surface area (Å²) in [6.45, 7) is 7.22. The average molecular weight is 246 g/mol. The summed E-state index contributed by atoms with van der Waals surface area (Å²) < 4.78 is 5.43. The van der Waals surface area contributed by atoms with E-state index in [4.69, 9.17) is 10.6 Å². The SMILES string of the molecule is Cc1cc(C)c(C(NN)C2=COCCC2)c(C)c1. The molecular formula is C15H22N2O. The first-order valence-electron chi connectivity index (χ1n) is 6.48. The number of ether oxygens (including phenoxy) is 1. The first kappa shape index (κ1) is 13.1. The maximum atomic E-state index is 5.77. The molecule has 0 amide bonds. The fourth-order valence-corrected chi connectivity index (χ4v) is 2.82. The Morgan fingerprint density at radius 2 is 1.89 bits per heavy atom. The molecule has 0 spiro atoms. The zero-order valence-corrected chi connectivity index (χ0v) is 11.4. The quantitative estimate of drug-likeness (QED) is 0.637. The van der Waals surface area contributed by atoms with Crippen LogP contribution in [-0.4, -0.2) is 6.61 Å². The fraction of sp³-hybridized carbons (Fsp3) is 0.467. The molecule has 1 unspecified atom stereocenters. The summed E-state index contributed by atoms with van der Waals surface area (Å²) in [5.41, 5.74) is 9.30. The van der Waals surface area contributed by atoms with Gasteiger partial charge in [0.25, 0.3) is 0 Å². The van der Waals surface area contributed by atoms with Crippen LogP contribution in [-0.2, 0) is 4.74 Å². The largest absolute Gasteiger partial charge is 0.501 e. The lowest BCUT2D eigenvalue weighted by Crippen LogP contribution is -2.31. The Bertz CT molecular complexity index is 443. The van der Waals surface area contributed by atoms with Crippen LogP contribution in [0.25, 0.3) is 0 Å². The highest BCUT2D eigenvalue weighted by Gasteiger charge is 2.21. The number of aryl methyl sites for hydroxylation is 3. The van der Waals surface area contributed by atoms with Crippen molar-refractivity contribution in [1.82, 2.24) is 5.43 Å². The minimum Gasteiger partial charge on any atom is -0.501 e. The topological polar surface area (TPSA) is 47.3 Å². The summed E-state index contributed by atoms with van der Waals surface area (Å²) in [4.78, 5) is 0. The number of hydrogen-bond donors (Lipinski definition) is 2. The van der Waals surface area contributed by atoms with Crippen LogP contribution in [0.5, 0.6) is 0 Å². The van der Waals surface area contributed by atoms with Crippen LogP contribution in [0.1, 0.15) is 41.1 Å². The van der Waals surface area contributed by atoms with Gasteiger partial charge in [-0.3, -0.25) is 5.84 Å². The number of nitrogens with one attached hydrogen (secondary N) is 1. The van der Waals surface area contributed by atoms with Crippen molar-refractivity contribution in [3.8, 4) is 0 Å². The zero-order chi connectivity index (χ0) is 13.1. The van der Waals surface area contributed by atoms with Crippen molar-refractivity contribution >= 4 is 0 Å². The Kier molecular flexibility index (Phi) is 4.04. The maximum Gasteiger partial charge on any atom is 0.0876 e. The molecule has 0 saturated carbocycles. The van der Waals surface area contributed by atoms with E-state index in [1.165, 1.54) is 27.8 Å². The van der Waals surface area contributed by atoms with E-state index in [9.17, 15) is 0 Å². The monoisotopic (exact) mass is 246 g/mol. The molecule has 3 heteroatoms. The minimum atomic E-state index is 0.0610. The number of rotatable bonds is 3. The fourth-order valence-electron chi connectivity index (χ4n) is 2.82. The van der Waals surface area contributed by atoms with Gasteiger partial charge < -0.3 is 4.74 Å². The van der Waals surface area contributed by atoms with E-state index in [1.54, 1.807) is 0 Å². The van der Waals surface area contributed by atoms with Crippen LogP contribution in [0, 0.1) is 20.8 Å². The highest BCUT2D eigenvalue weighted by molar-refractivity contribution is 5.43. The second-order valence-electron chi connectivity index (χ2n) is 5.08. The predicted molar refractivity (Wildman–Crippen MR) is 74.0 cm³/mol. The van der Waals surface area contributed by atoms with E-state index in [2.05, 4.69) is 38.3 Å². The Labute approximate surface area is 109 Å². The first-order chi connectivity index (χ1) is 8.63. The smallest absolute Gasteiger partial charge is 0.0876 e. The van der Waals surface area contributed by atoms with Gasteiger partial charge in [0.1, 0.15) is 0 Å². The van der Waals surface area contributed by atoms with Crippen LogP contribution in [0.3, 0.4) is 0 Å². The molecule has 18 heavy (non-hydrogen) atoms. The lowest BCUT2D eigenvalue weighted by molar-refractivity contribution is 0.219. The lowest BCUT2D eigenvalue weighted by Gasteiger charge is -2.26. The number of benzene rings is 1. The minimum absolute atomic E-state index is 0.0610. The summed E-state index contributed by atoms with van der Waals surface area (Å²) >= 11 is 0. The van der Waals surface area contributed by atoms with Gasteiger partial charge in [0.2, 0.25) is 0 Å². The molecule has 3 N–H and O–H groups in total. The van der Waals surface area contributed by atoms with Crippen LogP contribution in [0.2, 0.25) is 0 Å². The van der Waals surface area contributed by atoms with Crippen LogP contribution in [0.4, 0.5) is 0 Å². The summed E-state index contributed by atoms with van der Waals surface area (Å²) in [6, 6.07) is 4.47. The molecular weight excluding hydrogens is 224 g/mol. The molecule has 1 heterocycles. The van der Waals surface area contributed by atoms with E-state index < -0.39 is 0 Å². The summed E-state index contributed by atoms with van der Waals surface area (Å²) in [7, 11) is 0. The van der Waals surface area contributed by atoms with Crippen molar-refractivity contribution in [3.63, 3.8) is 0 Å². The molecule has 2 rings (SSSR count). The Morgan fingerprint density at radius 3 is 2.39 bits per heavy atom. The van der Waals surface area contributed by atoms with Gasteiger partial charge in [-0.05, 0) is 55.9 Å². The summed E-state index contributed by atoms with van der Waals surface area (Å²) in [5.74, 6) is 5.77. The molecule has 0 saturated heterocycles. The highest BCUT2D eigenvalue weighted by Crippen LogP contribution is 2.31. The van der Waals surface area contributed by atoms with Gasteiger partial charge in [-0.2, -0.15) is 0 Å². The normalized spacial score (nSPS) is 17.0. The van der Waals surface area contributed by atoms with Gasteiger partial charge in [-0.15, -0.1) is 0 Å². The van der Waals surface area contributed by atoms with Gasteiger partial charge >= 0.3 is 0 Å². The molecule has 1 atom stereocenters. The van der Waals surface area contributed by atoms with E-state index in [-0.39, 0.29) is 6.04 Å². The molecule has 1 aromatic rings. The zero-order valence-electron chi connectivity index (χ0n) is 11.4. The predicted octanol–water partition coefficient (Wildman–Crippen LogP) is 2.81. The Hall–Kier alpha value is -1.32. The van der Waals surface area contributed by atoms with Crippen molar-refractivity contribution in [2.45, 2.75) is 39.7 Å². The molecule has 0 aromatic heterocycles. The molecule has 0 aliphatic carbocycles. The van der Waals surface area contributed by atoms with Gasteiger partial charge in [-0.25, -0.2) is 5.43 Å². The molecule has 1 aliphatic heterocycles. The maximum absolute atomic E-state index is 5.77. The summed E-state index contributed by atoms with van der Waals surface area (Å²) in [5, 5.41) is 0. The molecule has 0 fully saturated rings. The van der Waals surface area contributed by atoms with E-state index in [1.807, 2.05) is 6.26 Å². The van der Waals surface area contributed by atoms with Crippen molar-refractivity contribution in [1.29, 1.82) is 0 Å². The summed E-state index contributed by atoms with van der Waals surface area (Å²) in [6.07, 6.45) is 3.97. The van der Waals surface area contributed by atoms with Crippen molar-refractivity contribution in [2.75, 3.05) is 6.61 Å². The number of nitrogens with two attached hydrogens (primary N) is 1. The second-order valence-corrected chi connectivity index (χ2v) is 5.08. The molecule has 0 bridgehead atoms. The Morgan fingerprint density at radius 1 is 1.22 bits per heavy atom. The average Bonchev–Trinajstić information content (AvgIpc) is 2.34. The van der Waals surface area contributed by atoms with E-state index in [0.29, 0.717) is 0 Å². The lowest BCUT2D eigenvalue weighted by atomic mass is 9.88. The van der Waals surface area contributed by atoms with Crippen molar-refractivity contribution in [2.24, 2.45) is 5.84 Å². The van der Waals surface area contributed by atoms with Crippen LogP contribution in [0.15, 0.2) is 24.0 Å². The molecule has 98 valence electrons. The standard InChI is InChI=1S/C15H22N2O/c1-10-7-11(2)14(12(3)8-10)15(17-16)13-5-4-6-18-9-13/h7-9,15,17H,4-6,16H2,1-3H3. The van der Waals surface area contributed by atoms with Crippen LogP contribution >= 0.6 is 0 Å². The van der Waals surface area contributed by atoms with Crippen molar-refractivity contribution < 1.29 is 4.74 Å². The Balaban J connectivity index is 2.41. The van der Waals surface area contributed by atoms with Crippen LogP contribution < -0.4 is 11.3 Å². The first-order valence-corrected chi connectivity index (χ1v) is 6.48. The van der Waals surface area contributed by atoms with E-state index in [0.717, 1.165) is 19.4 Å². The molecule has 0 radical (unpaired) electrons. The molecule has 1 aromatic carbocycles. The van der Waals surface area contributed by atoms with Gasteiger partial charge in [0.05, 0.1) is 18.9 Å². The third kappa shape index (κ3) is 2.57.